The van der Waals surface area contributed by atoms with Gasteiger partial charge < -0.3 is 9.47 Å². The van der Waals surface area contributed by atoms with Crippen molar-refractivity contribution < 1.29 is 14.3 Å². The summed E-state index contributed by atoms with van der Waals surface area (Å²) >= 11 is 3.15. The van der Waals surface area contributed by atoms with Gasteiger partial charge in [0.25, 0.3) is 5.91 Å². The molecule has 0 spiro atoms. The molecule has 3 heterocycles. The van der Waals surface area contributed by atoms with Crippen LogP contribution in [0.2, 0.25) is 0 Å². The van der Waals surface area contributed by atoms with Crippen LogP contribution < -0.4 is 9.64 Å². The molecule has 30 heavy (non-hydrogen) atoms. The Hall–Kier alpha value is -2.26. The number of thiazole rings is 1. The fraction of sp³-hybridized carbons (Fsp3) is 0.364. The number of nitrogens with zero attached hydrogens (tertiary/aromatic N) is 3. The number of carbonyl (C=O) groups excluding carboxylic acids is 1. The van der Waals surface area contributed by atoms with Gasteiger partial charge in [-0.3, -0.25) is 14.6 Å². The highest BCUT2D eigenvalue weighted by molar-refractivity contribution is 7.22. The molecular weight excluding hydrogens is 418 g/mol. The maximum Gasteiger partial charge on any atom is 0.252 e. The lowest BCUT2D eigenvalue weighted by Crippen LogP contribution is -2.39. The van der Waals surface area contributed by atoms with Gasteiger partial charge in [0.15, 0.2) is 5.13 Å². The molecule has 4 rings (SSSR count). The van der Waals surface area contributed by atoms with E-state index in [2.05, 4.69) is 4.90 Å². The Morgan fingerprint density at radius 2 is 2.20 bits per heavy atom. The Morgan fingerprint density at radius 1 is 1.33 bits per heavy atom. The van der Waals surface area contributed by atoms with E-state index in [-0.39, 0.29) is 5.91 Å². The van der Waals surface area contributed by atoms with Gasteiger partial charge >= 0.3 is 0 Å². The highest BCUT2D eigenvalue weighted by Gasteiger charge is 2.19. The summed E-state index contributed by atoms with van der Waals surface area (Å²) in [6.07, 6.45) is 4.41. The molecule has 1 amide bonds. The summed E-state index contributed by atoms with van der Waals surface area (Å²) < 4.78 is 11.8. The molecule has 158 valence electrons. The van der Waals surface area contributed by atoms with Crippen molar-refractivity contribution in [2.24, 2.45) is 0 Å². The van der Waals surface area contributed by atoms with Crippen LogP contribution in [0.5, 0.6) is 5.75 Å². The van der Waals surface area contributed by atoms with Crippen LogP contribution in [0.1, 0.15) is 11.3 Å². The molecule has 1 saturated heterocycles. The Morgan fingerprint density at radius 3 is 2.97 bits per heavy atom. The van der Waals surface area contributed by atoms with Gasteiger partial charge in [-0.15, -0.1) is 11.3 Å². The predicted octanol–water partition coefficient (Wildman–Crippen LogP) is 4.14. The summed E-state index contributed by atoms with van der Waals surface area (Å²) in [7, 11) is 1.64. The van der Waals surface area contributed by atoms with E-state index in [0.717, 1.165) is 65.2 Å². The summed E-state index contributed by atoms with van der Waals surface area (Å²) in [5, 5.41) is 2.73. The Kier molecular flexibility index (Phi) is 7.11. The van der Waals surface area contributed by atoms with Crippen molar-refractivity contribution in [1.82, 2.24) is 9.88 Å². The molecule has 6 nitrogen and oxygen atoms in total. The molecular formula is C22H25N3O3S2. The Labute approximate surface area is 184 Å². The number of carbonyl (C=O) groups is 1. The van der Waals surface area contributed by atoms with Gasteiger partial charge in [0, 0.05) is 43.2 Å². The van der Waals surface area contributed by atoms with Crippen molar-refractivity contribution in [3.8, 4) is 5.75 Å². The number of anilines is 1. The molecule has 1 aliphatic rings. The van der Waals surface area contributed by atoms with Gasteiger partial charge in [0.05, 0.1) is 30.5 Å². The predicted molar refractivity (Wildman–Crippen MR) is 124 cm³/mol. The number of fused-ring (bicyclic) bond motifs is 1. The zero-order valence-corrected chi connectivity index (χ0v) is 18.6. The van der Waals surface area contributed by atoms with Crippen LogP contribution in [-0.2, 0) is 9.53 Å². The summed E-state index contributed by atoms with van der Waals surface area (Å²) in [6.45, 7) is 5.04. The number of rotatable bonds is 8. The van der Waals surface area contributed by atoms with E-state index in [4.69, 9.17) is 14.5 Å². The number of ether oxygens (including phenoxy) is 2. The van der Waals surface area contributed by atoms with Crippen molar-refractivity contribution in [2.45, 2.75) is 6.42 Å². The van der Waals surface area contributed by atoms with Crippen molar-refractivity contribution >= 4 is 50.0 Å². The molecule has 0 atom stereocenters. The molecule has 1 aromatic carbocycles. The van der Waals surface area contributed by atoms with E-state index >= 15 is 0 Å². The van der Waals surface area contributed by atoms with Crippen LogP contribution in [0.4, 0.5) is 5.13 Å². The van der Waals surface area contributed by atoms with Crippen LogP contribution in [-0.4, -0.2) is 62.3 Å². The molecule has 1 fully saturated rings. The highest BCUT2D eigenvalue weighted by atomic mass is 32.1. The number of morpholine rings is 1. The van der Waals surface area contributed by atoms with Gasteiger partial charge in [-0.2, -0.15) is 0 Å². The lowest BCUT2D eigenvalue weighted by Gasteiger charge is -2.27. The van der Waals surface area contributed by atoms with E-state index in [9.17, 15) is 4.79 Å². The lowest BCUT2D eigenvalue weighted by molar-refractivity contribution is -0.114. The zero-order chi connectivity index (χ0) is 20.8. The third kappa shape index (κ3) is 5.26. The molecule has 0 aliphatic carbocycles. The summed E-state index contributed by atoms with van der Waals surface area (Å²) in [4.78, 5) is 23.0. The topological polar surface area (TPSA) is 54.9 Å². The maximum absolute atomic E-state index is 13.1. The van der Waals surface area contributed by atoms with E-state index in [1.807, 2.05) is 41.8 Å². The van der Waals surface area contributed by atoms with E-state index in [1.54, 1.807) is 29.4 Å². The van der Waals surface area contributed by atoms with Crippen LogP contribution >= 0.6 is 22.7 Å². The number of hydrogen-bond acceptors (Lipinski definition) is 7. The normalized spacial score (nSPS) is 15.1. The number of amides is 1. The van der Waals surface area contributed by atoms with Crippen LogP contribution in [0.3, 0.4) is 0 Å². The number of aromatic nitrogens is 1. The van der Waals surface area contributed by atoms with Gasteiger partial charge in [-0.25, -0.2) is 4.98 Å². The Bertz CT molecular complexity index is 994. The van der Waals surface area contributed by atoms with Gasteiger partial charge in [0.1, 0.15) is 5.75 Å². The third-order valence-electron chi connectivity index (χ3n) is 4.97. The first-order valence-electron chi connectivity index (χ1n) is 10.0. The molecule has 0 unspecified atom stereocenters. The van der Waals surface area contributed by atoms with Gasteiger partial charge in [-0.1, -0.05) is 17.4 Å². The van der Waals surface area contributed by atoms with Crippen molar-refractivity contribution in [3.63, 3.8) is 0 Å². The standard InChI is InChI=1S/C22H25N3O3S2/c1-27-17-5-7-20-19(16-17)23-22(30-20)25(10-3-9-24-11-13-28-14-12-24)21(26)8-6-18-4-2-15-29-18/h2,4-8,15-16H,3,9-14H2,1H3/b8-6+. The minimum atomic E-state index is -0.0450. The van der Waals surface area contributed by atoms with E-state index in [1.165, 1.54) is 11.3 Å². The largest absolute Gasteiger partial charge is 0.497 e. The lowest BCUT2D eigenvalue weighted by atomic mass is 10.3. The SMILES string of the molecule is COc1ccc2sc(N(CCCN3CCOCC3)C(=O)/C=C/c3cccs3)nc2c1. The fourth-order valence-electron chi connectivity index (χ4n) is 3.34. The third-order valence-corrected chi connectivity index (χ3v) is 6.87. The first-order valence-corrected chi connectivity index (χ1v) is 11.7. The molecule has 0 N–H and O–H groups in total. The summed E-state index contributed by atoms with van der Waals surface area (Å²) in [5.41, 5.74) is 0.850. The number of methoxy groups -OCH3 is 1. The fourth-order valence-corrected chi connectivity index (χ4v) is 4.94. The van der Waals surface area contributed by atoms with Gasteiger partial charge in [0.2, 0.25) is 0 Å². The monoisotopic (exact) mass is 443 g/mol. The zero-order valence-electron chi connectivity index (χ0n) is 17.0. The molecule has 1 aliphatic heterocycles. The number of thiophene rings is 1. The molecule has 8 heteroatoms. The van der Waals surface area contributed by atoms with Crippen LogP contribution in [0, 0.1) is 0 Å². The van der Waals surface area contributed by atoms with Crippen LogP contribution in [0.25, 0.3) is 16.3 Å². The minimum absolute atomic E-state index is 0.0450. The van der Waals surface area contributed by atoms with Gasteiger partial charge in [-0.05, 0) is 36.1 Å². The number of benzene rings is 1. The summed E-state index contributed by atoms with van der Waals surface area (Å²) in [6, 6.07) is 9.81. The average Bonchev–Trinajstić information content (AvgIpc) is 3.44. The second-order valence-corrected chi connectivity index (χ2v) is 8.96. The molecule has 0 saturated carbocycles. The second-order valence-electron chi connectivity index (χ2n) is 6.98. The molecule has 0 radical (unpaired) electrons. The highest BCUT2D eigenvalue weighted by Crippen LogP contribution is 2.31. The van der Waals surface area contributed by atoms with E-state index < -0.39 is 0 Å². The second kappa shape index (κ2) is 10.2. The van der Waals surface area contributed by atoms with Crippen LogP contribution in [0.15, 0.2) is 41.8 Å². The smallest absolute Gasteiger partial charge is 0.252 e. The Balaban J connectivity index is 1.51. The number of hydrogen-bond donors (Lipinski definition) is 0. The van der Waals surface area contributed by atoms with E-state index in [0.29, 0.717) is 6.54 Å². The first-order chi connectivity index (χ1) is 14.7. The quantitative estimate of drug-likeness (QED) is 0.490. The molecule has 0 bridgehead atoms. The first kappa shape index (κ1) is 21.0. The van der Waals surface area contributed by atoms with Crippen molar-refractivity contribution in [1.29, 1.82) is 0 Å². The minimum Gasteiger partial charge on any atom is -0.497 e. The average molecular weight is 444 g/mol. The van der Waals surface area contributed by atoms with Crippen molar-refractivity contribution in [3.05, 3.63) is 46.7 Å². The molecule has 2 aromatic heterocycles. The molecule has 3 aromatic rings. The van der Waals surface area contributed by atoms with Crippen molar-refractivity contribution in [2.75, 3.05) is 51.4 Å². The maximum atomic E-state index is 13.1. The summed E-state index contributed by atoms with van der Waals surface area (Å²) in [5.74, 6) is 0.721.